The highest BCUT2D eigenvalue weighted by Gasteiger charge is 2.51. The minimum absolute atomic E-state index is 0.171. The van der Waals surface area contributed by atoms with E-state index >= 15 is 0 Å². The number of hydrogen-bond acceptors (Lipinski definition) is 4. The number of hydrogen-bond donors (Lipinski definition) is 2. The highest BCUT2D eigenvalue weighted by atomic mass is 35.5. The number of benzene rings is 1. The van der Waals surface area contributed by atoms with Crippen molar-refractivity contribution in [3.8, 4) is 0 Å². The average Bonchev–Trinajstić information content (AvgIpc) is 3.25. The van der Waals surface area contributed by atoms with Crippen LogP contribution in [0.25, 0.3) is 0 Å². The first kappa shape index (κ1) is 20.1. The predicted molar refractivity (Wildman–Crippen MR) is 109 cm³/mol. The molecule has 0 radical (unpaired) electrons. The lowest BCUT2D eigenvalue weighted by atomic mass is 10.3. The lowest BCUT2D eigenvalue weighted by Crippen LogP contribution is -2.38. The van der Waals surface area contributed by atoms with Crippen molar-refractivity contribution in [2.24, 2.45) is 5.92 Å². The summed E-state index contributed by atoms with van der Waals surface area (Å²) < 4.78 is 4.77. The fourth-order valence-corrected chi connectivity index (χ4v) is 4.77. The molecule has 0 bridgehead atoms. The van der Waals surface area contributed by atoms with Crippen molar-refractivity contribution in [3.05, 3.63) is 24.3 Å². The number of rotatable bonds is 8. The smallest absolute Gasteiger partial charge is 0.319 e. The van der Waals surface area contributed by atoms with Crippen LogP contribution in [0.2, 0.25) is 0 Å². The molecule has 1 aromatic rings. The largest absolute Gasteiger partial charge is 0.379 e. The zero-order valence-corrected chi connectivity index (χ0v) is 17.0. The molecule has 1 saturated carbocycles. The van der Waals surface area contributed by atoms with Crippen molar-refractivity contribution in [2.45, 2.75) is 22.1 Å². The topological polar surface area (TPSA) is 53.6 Å². The molecule has 2 amide bonds. The minimum Gasteiger partial charge on any atom is -0.379 e. The van der Waals surface area contributed by atoms with Gasteiger partial charge in [0.2, 0.25) is 0 Å². The molecule has 2 N–H and O–H groups in total. The molecule has 1 aliphatic heterocycles. The maximum Gasteiger partial charge on any atom is 0.319 e. The number of anilines is 1. The second-order valence-corrected chi connectivity index (χ2v) is 9.26. The van der Waals surface area contributed by atoms with Crippen LogP contribution in [0.5, 0.6) is 0 Å². The van der Waals surface area contributed by atoms with Crippen LogP contribution in [0.1, 0.15) is 12.8 Å². The summed E-state index contributed by atoms with van der Waals surface area (Å²) in [5, 5.41) is 5.87. The summed E-state index contributed by atoms with van der Waals surface area (Å²) in [6.07, 6.45) is 1.77. The van der Waals surface area contributed by atoms with Gasteiger partial charge >= 0.3 is 6.03 Å². The number of nitrogens with one attached hydrogen (secondary N) is 2. The first-order valence-electron chi connectivity index (χ1n) is 8.99. The van der Waals surface area contributed by atoms with E-state index in [4.69, 9.17) is 27.9 Å². The van der Waals surface area contributed by atoms with Crippen molar-refractivity contribution >= 4 is 46.7 Å². The van der Waals surface area contributed by atoms with Gasteiger partial charge in [0.1, 0.15) is 4.33 Å². The number of carbonyl (C=O) groups excluding carboxylic acids is 1. The third-order valence-corrected chi connectivity index (χ3v) is 6.73. The van der Waals surface area contributed by atoms with Gasteiger partial charge in [-0.1, -0.05) is 12.1 Å². The van der Waals surface area contributed by atoms with Crippen LogP contribution in [0, 0.1) is 5.92 Å². The molecule has 26 heavy (non-hydrogen) atoms. The van der Waals surface area contributed by atoms with E-state index in [1.165, 1.54) is 0 Å². The fraction of sp³-hybridized carbons (Fsp3) is 0.611. The number of alkyl halides is 2. The van der Waals surface area contributed by atoms with E-state index in [9.17, 15) is 4.79 Å². The van der Waals surface area contributed by atoms with Crippen LogP contribution in [-0.2, 0) is 4.74 Å². The highest BCUT2D eigenvalue weighted by Crippen LogP contribution is 2.55. The number of halogens is 2. The molecule has 2 fully saturated rings. The Bertz CT molecular complexity index is 612. The molecule has 3 rings (SSSR count). The summed E-state index contributed by atoms with van der Waals surface area (Å²) in [6.45, 7) is 5.20. The van der Waals surface area contributed by atoms with E-state index in [0.29, 0.717) is 12.5 Å². The Morgan fingerprint density at radius 1 is 1.31 bits per heavy atom. The summed E-state index contributed by atoms with van der Waals surface area (Å²) in [4.78, 5) is 15.6. The summed E-state index contributed by atoms with van der Waals surface area (Å²) >= 11 is 13.9. The standard InChI is InChI=1S/C18H25Cl2N3O2S/c19-18(20)12-14(18)13-26-16-5-2-1-4-15(16)22-17(24)21-6-3-7-23-8-10-25-11-9-23/h1-2,4-5,14H,3,6-13H2,(H2,21,22,24). The molecule has 144 valence electrons. The Hall–Kier alpha value is -0.660. The monoisotopic (exact) mass is 417 g/mol. The van der Waals surface area contributed by atoms with Gasteiger partial charge in [-0.05, 0) is 31.5 Å². The number of morpholine rings is 1. The lowest BCUT2D eigenvalue weighted by molar-refractivity contribution is 0.0375. The van der Waals surface area contributed by atoms with Crippen LogP contribution in [0.15, 0.2) is 29.2 Å². The van der Waals surface area contributed by atoms with E-state index in [2.05, 4.69) is 15.5 Å². The van der Waals surface area contributed by atoms with Gasteiger partial charge in [-0.25, -0.2) is 4.79 Å². The maximum absolute atomic E-state index is 12.2. The molecule has 0 aromatic heterocycles. The second kappa shape index (κ2) is 9.51. The number of nitrogens with zero attached hydrogens (tertiary/aromatic N) is 1. The molecular formula is C18H25Cl2N3O2S. The van der Waals surface area contributed by atoms with Gasteiger partial charge in [-0.15, -0.1) is 35.0 Å². The number of para-hydroxylation sites is 1. The predicted octanol–water partition coefficient (Wildman–Crippen LogP) is 3.82. The molecule has 1 unspecified atom stereocenters. The van der Waals surface area contributed by atoms with Crippen molar-refractivity contribution in [1.82, 2.24) is 10.2 Å². The van der Waals surface area contributed by atoms with Gasteiger partial charge in [0.15, 0.2) is 0 Å². The molecule has 0 spiro atoms. The molecular weight excluding hydrogens is 393 g/mol. The van der Waals surface area contributed by atoms with Crippen LogP contribution in [0.3, 0.4) is 0 Å². The number of carbonyl (C=O) groups is 1. The molecule has 8 heteroatoms. The third-order valence-electron chi connectivity index (χ3n) is 4.57. The molecule has 1 atom stereocenters. The van der Waals surface area contributed by atoms with Gasteiger partial charge in [-0.3, -0.25) is 4.90 Å². The van der Waals surface area contributed by atoms with E-state index in [1.807, 2.05) is 24.3 Å². The fourth-order valence-electron chi connectivity index (χ4n) is 2.83. The van der Waals surface area contributed by atoms with Crippen molar-refractivity contribution in [3.63, 3.8) is 0 Å². The Kier molecular flexibility index (Phi) is 7.35. The summed E-state index contributed by atoms with van der Waals surface area (Å²) in [7, 11) is 0. The first-order chi connectivity index (χ1) is 12.5. The Balaban J connectivity index is 1.38. The minimum atomic E-state index is -0.562. The van der Waals surface area contributed by atoms with Crippen molar-refractivity contribution in [2.75, 3.05) is 50.5 Å². The summed E-state index contributed by atoms with van der Waals surface area (Å²) in [5.41, 5.74) is 0.818. The second-order valence-electron chi connectivity index (χ2n) is 6.66. The molecule has 2 aliphatic rings. The maximum atomic E-state index is 12.2. The van der Waals surface area contributed by atoms with Crippen LogP contribution in [-0.4, -0.2) is 60.4 Å². The first-order valence-corrected chi connectivity index (χ1v) is 10.7. The number of thioether (sulfide) groups is 1. The third kappa shape index (κ3) is 6.20. The summed E-state index contributed by atoms with van der Waals surface area (Å²) in [6, 6.07) is 7.64. The molecule has 1 aliphatic carbocycles. The van der Waals surface area contributed by atoms with Crippen LogP contribution in [0.4, 0.5) is 10.5 Å². The molecule has 1 saturated heterocycles. The number of urea groups is 1. The van der Waals surface area contributed by atoms with E-state index in [0.717, 1.165) is 62.0 Å². The van der Waals surface area contributed by atoms with Crippen LogP contribution < -0.4 is 10.6 Å². The zero-order valence-electron chi connectivity index (χ0n) is 14.7. The van der Waals surface area contributed by atoms with Gasteiger partial charge in [-0.2, -0.15) is 0 Å². The normalized spacial score (nSPS) is 22.0. The molecule has 1 aromatic carbocycles. The molecule has 1 heterocycles. The zero-order chi connectivity index (χ0) is 18.4. The van der Waals surface area contributed by atoms with Gasteiger partial charge < -0.3 is 15.4 Å². The Morgan fingerprint density at radius 2 is 2.04 bits per heavy atom. The van der Waals surface area contributed by atoms with Crippen LogP contribution >= 0.6 is 35.0 Å². The van der Waals surface area contributed by atoms with E-state index in [1.54, 1.807) is 11.8 Å². The lowest BCUT2D eigenvalue weighted by Gasteiger charge is -2.26. The van der Waals surface area contributed by atoms with Crippen molar-refractivity contribution < 1.29 is 9.53 Å². The van der Waals surface area contributed by atoms with Gasteiger partial charge in [0, 0.05) is 36.2 Å². The average molecular weight is 418 g/mol. The summed E-state index contributed by atoms with van der Waals surface area (Å²) in [5.74, 6) is 1.17. The SMILES string of the molecule is O=C(NCCCN1CCOCC1)Nc1ccccc1SCC1CC1(Cl)Cl. The number of ether oxygens (including phenoxy) is 1. The van der Waals surface area contributed by atoms with Crippen molar-refractivity contribution in [1.29, 1.82) is 0 Å². The van der Waals surface area contributed by atoms with E-state index < -0.39 is 4.33 Å². The van der Waals surface area contributed by atoms with Gasteiger partial charge in [0.25, 0.3) is 0 Å². The Labute approximate surface area is 169 Å². The molecule has 5 nitrogen and oxygen atoms in total. The highest BCUT2D eigenvalue weighted by molar-refractivity contribution is 7.99. The number of amides is 2. The van der Waals surface area contributed by atoms with Gasteiger partial charge in [0.05, 0.1) is 18.9 Å². The van der Waals surface area contributed by atoms with E-state index in [-0.39, 0.29) is 6.03 Å². The Morgan fingerprint density at radius 3 is 2.77 bits per heavy atom. The quantitative estimate of drug-likeness (QED) is 0.383.